The van der Waals surface area contributed by atoms with Crippen molar-refractivity contribution in [2.45, 2.75) is 5.78 Å². The van der Waals surface area contributed by atoms with Crippen LogP contribution in [0.4, 0.5) is 0 Å². The molecule has 1 atom stereocenters. The van der Waals surface area contributed by atoms with Crippen LogP contribution in [0.5, 0.6) is 0 Å². The fraction of sp³-hybridized carbons (Fsp3) is 0.667. The van der Waals surface area contributed by atoms with Crippen LogP contribution in [0, 0.1) is 0 Å². The van der Waals surface area contributed by atoms with Crippen LogP contribution in [0.3, 0.4) is 0 Å². The molecule has 0 aromatic heterocycles. The van der Waals surface area contributed by atoms with E-state index in [0.717, 1.165) is 0 Å². The molecule has 1 unspecified atom stereocenters. The first kappa shape index (κ1) is 7.28. The molecule has 2 N–H and O–H groups in total. The van der Waals surface area contributed by atoms with Gasteiger partial charge >= 0.3 is 7.60 Å². The van der Waals surface area contributed by atoms with E-state index in [2.05, 4.69) is 4.99 Å². The Morgan fingerprint density at radius 3 is 2.67 bits per heavy atom. The van der Waals surface area contributed by atoms with E-state index in [1.165, 1.54) is 17.3 Å². The summed E-state index contributed by atoms with van der Waals surface area (Å²) in [5, 5.41) is 0. The second-order valence-corrected chi connectivity index (χ2v) is 4.31. The van der Waals surface area contributed by atoms with E-state index in [0.29, 0.717) is 5.75 Å². The van der Waals surface area contributed by atoms with Gasteiger partial charge in [-0.05, 0) is 0 Å². The van der Waals surface area contributed by atoms with Gasteiger partial charge in [0.15, 0.2) is 5.78 Å². The van der Waals surface area contributed by atoms with E-state index in [1.54, 1.807) is 0 Å². The van der Waals surface area contributed by atoms with Crippen LogP contribution >= 0.6 is 19.4 Å². The lowest BCUT2D eigenvalue weighted by molar-refractivity contribution is 0.363. The second-order valence-electron chi connectivity index (χ2n) is 1.66. The van der Waals surface area contributed by atoms with Crippen molar-refractivity contribution >= 4 is 24.9 Å². The molecule has 0 radical (unpaired) electrons. The Labute approximate surface area is 56.5 Å². The Morgan fingerprint density at radius 1 is 1.78 bits per heavy atom. The predicted octanol–water partition coefficient (Wildman–Crippen LogP) is 0.265. The van der Waals surface area contributed by atoms with Gasteiger partial charge < -0.3 is 9.79 Å². The fourth-order valence-corrected chi connectivity index (χ4v) is 2.41. The van der Waals surface area contributed by atoms with Gasteiger partial charge in [-0.2, -0.15) is 0 Å². The first-order valence-electron chi connectivity index (χ1n) is 2.29. The lowest BCUT2D eigenvalue weighted by Gasteiger charge is -2.06. The Bertz CT molecular complexity index is 176. The van der Waals surface area contributed by atoms with Gasteiger partial charge in [-0.1, -0.05) is 0 Å². The zero-order valence-electron chi connectivity index (χ0n) is 4.47. The molecule has 0 saturated heterocycles. The average molecular weight is 167 g/mol. The van der Waals surface area contributed by atoms with Crippen LogP contribution in [0.1, 0.15) is 0 Å². The van der Waals surface area contributed by atoms with Crippen LogP contribution in [0.2, 0.25) is 0 Å². The molecule has 6 heteroatoms. The zero-order valence-corrected chi connectivity index (χ0v) is 6.18. The summed E-state index contributed by atoms with van der Waals surface area (Å²) in [5.74, 6) is -0.382. The molecule has 0 aliphatic carbocycles. The number of nitrogens with zero attached hydrogens (tertiary/aromatic N) is 1. The van der Waals surface area contributed by atoms with Gasteiger partial charge in [-0.3, -0.25) is 9.56 Å². The summed E-state index contributed by atoms with van der Waals surface area (Å²) in [6.07, 6.45) is 0. The molecule has 1 heterocycles. The van der Waals surface area contributed by atoms with Crippen LogP contribution in [-0.2, 0) is 4.57 Å². The van der Waals surface area contributed by atoms with Gasteiger partial charge in [0.05, 0.1) is 5.55 Å². The van der Waals surface area contributed by atoms with E-state index < -0.39 is 13.4 Å². The smallest absolute Gasteiger partial charge is 0.323 e. The van der Waals surface area contributed by atoms with Crippen molar-refractivity contribution in [2.24, 2.45) is 4.99 Å². The van der Waals surface area contributed by atoms with Crippen LogP contribution in [0.25, 0.3) is 0 Å². The van der Waals surface area contributed by atoms with E-state index in [-0.39, 0.29) is 0 Å². The first-order valence-corrected chi connectivity index (χ1v) is 5.02. The molecule has 0 fully saturated rings. The number of hydrogen-bond donors (Lipinski definition) is 2. The number of hydrogen-bond acceptors (Lipinski definition) is 3. The summed E-state index contributed by atoms with van der Waals surface area (Å²) in [4.78, 5) is 20.6. The topological polar surface area (TPSA) is 69.9 Å². The summed E-state index contributed by atoms with van der Waals surface area (Å²) < 4.78 is 10.4. The van der Waals surface area contributed by atoms with E-state index in [1.807, 2.05) is 0 Å². The van der Waals surface area contributed by atoms with Crippen molar-refractivity contribution in [3.05, 3.63) is 0 Å². The maximum Gasteiger partial charge on any atom is 0.350 e. The van der Waals surface area contributed by atoms with E-state index >= 15 is 0 Å². The molecular formula is C3H6NO3PS. The molecular weight excluding hydrogens is 161 g/mol. The predicted molar refractivity (Wildman–Crippen MR) is 36.8 cm³/mol. The largest absolute Gasteiger partial charge is 0.350 e. The van der Waals surface area contributed by atoms with E-state index in [4.69, 9.17) is 9.79 Å². The molecule has 9 heavy (non-hydrogen) atoms. The molecule has 4 nitrogen and oxygen atoms in total. The van der Waals surface area contributed by atoms with Crippen molar-refractivity contribution in [1.29, 1.82) is 0 Å². The number of aliphatic imine (C=N–C) groups is 1. The van der Waals surface area contributed by atoms with Crippen molar-refractivity contribution in [1.82, 2.24) is 0 Å². The lowest BCUT2D eigenvalue weighted by Crippen LogP contribution is -2.03. The quantitative estimate of drug-likeness (QED) is 0.550. The third kappa shape index (κ3) is 1.79. The fourth-order valence-electron chi connectivity index (χ4n) is 0.469. The van der Waals surface area contributed by atoms with Gasteiger partial charge in [0.2, 0.25) is 0 Å². The maximum atomic E-state index is 10.4. The summed E-state index contributed by atoms with van der Waals surface area (Å²) in [5.41, 5.74) is 1.48. The second kappa shape index (κ2) is 2.42. The molecule has 0 amide bonds. The standard InChI is InChI=1S/C3H6NO3PS/c5-8(6,7)3-1-9-2-4-3/h2-3H,1H2,(H2,5,6,7). The highest BCUT2D eigenvalue weighted by atomic mass is 32.2. The molecule has 0 spiro atoms. The third-order valence-corrected chi connectivity index (χ3v) is 3.06. The van der Waals surface area contributed by atoms with Gasteiger partial charge in [-0.15, -0.1) is 11.8 Å². The SMILES string of the molecule is O=P(O)(O)C1CSC=N1. The Kier molecular flexibility index (Phi) is 1.96. The highest BCUT2D eigenvalue weighted by molar-refractivity contribution is 8.12. The molecule has 52 valence electrons. The Hall–Kier alpha value is 0.170. The van der Waals surface area contributed by atoms with Crippen LogP contribution in [0.15, 0.2) is 4.99 Å². The average Bonchev–Trinajstić information content (AvgIpc) is 2.08. The van der Waals surface area contributed by atoms with Crippen molar-refractivity contribution in [2.75, 3.05) is 5.75 Å². The van der Waals surface area contributed by atoms with Gasteiger partial charge in [0.1, 0.15) is 0 Å². The van der Waals surface area contributed by atoms with Gasteiger partial charge in [0.25, 0.3) is 0 Å². The van der Waals surface area contributed by atoms with E-state index in [9.17, 15) is 4.57 Å². The maximum absolute atomic E-state index is 10.4. The molecule has 1 rings (SSSR count). The molecule has 1 aliphatic heterocycles. The highest BCUT2D eigenvalue weighted by Gasteiger charge is 2.29. The monoisotopic (exact) mass is 167 g/mol. The third-order valence-electron chi connectivity index (χ3n) is 0.941. The normalized spacial score (nSPS) is 27.1. The van der Waals surface area contributed by atoms with Crippen molar-refractivity contribution < 1.29 is 14.4 Å². The van der Waals surface area contributed by atoms with Crippen LogP contribution in [-0.4, -0.2) is 26.9 Å². The number of rotatable bonds is 1. The van der Waals surface area contributed by atoms with Crippen LogP contribution < -0.4 is 0 Å². The molecule has 0 saturated carbocycles. The zero-order chi connectivity index (χ0) is 6.91. The number of thioether (sulfide) groups is 1. The summed E-state index contributed by atoms with van der Waals surface area (Å²) in [6.45, 7) is 0. The minimum Gasteiger partial charge on any atom is -0.323 e. The van der Waals surface area contributed by atoms with Crippen molar-refractivity contribution in [3.63, 3.8) is 0 Å². The molecule has 0 aromatic carbocycles. The minimum absolute atomic E-state index is 0.407. The Balaban J connectivity index is 2.64. The van der Waals surface area contributed by atoms with Gasteiger partial charge in [-0.25, -0.2) is 0 Å². The van der Waals surface area contributed by atoms with Crippen molar-refractivity contribution in [3.8, 4) is 0 Å². The molecule has 1 aliphatic rings. The summed E-state index contributed by atoms with van der Waals surface area (Å²) in [7, 11) is -3.93. The highest BCUT2D eigenvalue weighted by Crippen LogP contribution is 2.44. The Morgan fingerprint density at radius 2 is 2.44 bits per heavy atom. The molecule has 0 aromatic rings. The molecule has 0 bridgehead atoms. The summed E-state index contributed by atoms with van der Waals surface area (Å²) >= 11 is 1.33. The lowest BCUT2D eigenvalue weighted by atomic mass is 10.8. The van der Waals surface area contributed by atoms with Gasteiger partial charge in [0, 0.05) is 5.75 Å². The first-order chi connectivity index (χ1) is 4.11. The minimum atomic E-state index is -3.93. The summed E-state index contributed by atoms with van der Waals surface area (Å²) in [6, 6.07) is 0.